The van der Waals surface area contributed by atoms with Crippen LogP contribution in [0.4, 0.5) is 0 Å². The number of H-pyrrole nitrogens is 1. The summed E-state index contributed by atoms with van der Waals surface area (Å²) >= 11 is 1.24. The Labute approximate surface area is 121 Å². The summed E-state index contributed by atoms with van der Waals surface area (Å²) in [5.41, 5.74) is 0. The third-order valence-electron chi connectivity index (χ3n) is 2.40. The van der Waals surface area contributed by atoms with E-state index in [1.807, 2.05) is 19.9 Å². The number of rotatable bonds is 7. The first-order chi connectivity index (χ1) is 9.47. The van der Waals surface area contributed by atoms with Gasteiger partial charge >= 0.3 is 0 Å². The van der Waals surface area contributed by atoms with Gasteiger partial charge in [-0.3, -0.25) is 0 Å². The van der Waals surface area contributed by atoms with E-state index in [9.17, 15) is 8.42 Å². The molecule has 3 N–H and O–H groups in total. The first kappa shape index (κ1) is 15.0. The fourth-order valence-corrected chi connectivity index (χ4v) is 3.72. The molecule has 2 aromatic rings. The summed E-state index contributed by atoms with van der Waals surface area (Å²) in [5, 5.41) is 16.2. The van der Waals surface area contributed by atoms with Crippen LogP contribution in [0.3, 0.4) is 0 Å². The topological polar surface area (TPSA) is 113 Å². The molecule has 0 aromatic carbocycles. The molecule has 10 heteroatoms. The summed E-state index contributed by atoms with van der Waals surface area (Å²) < 4.78 is 26.9. The molecule has 0 spiro atoms. The van der Waals surface area contributed by atoms with Crippen LogP contribution in [-0.2, 0) is 23.1 Å². The van der Waals surface area contributed by atoms with Crippen LogP contribution in [0.5, 0.6) is 0 Å². The number of tetrazole rings is 1. The zero-order chi connectivity index (χ0) is 14.6. The maximum absolute atomic E-state index is 12.1. The molecular weight excluding hydrogens is 300 g/mol. The second-order valence-corrected chi connectivity index (χ2v) is 7.57. The van der Waals surface area contributed by atoms with Gasteiger partial charge in [0.05, 0.1) is 6.54 Å². The van der Waals surface area contributed by atoms with E-state index in [2.05, 4.69) is 30.7 Å². The number of nitrogens with zero attached hydrogens (tertiary/aromatic N) is 3. The smallest absolute Gasteiger partial charge is 0.250 e. The van der Waals surface area contributed by atoms with Crippen LogP contribution in [-0.4, -0.2) is 35.1 Å². The summed E-state index contributed by atoms with van der Waals surface area (Å²) in [7, 11) is -3.54. The highest BCUT2D eigenvalue weighted by Crippen LogP contribution is 2.21. The highest BCUT2D eigenvalue weighted by atomic mass is 32.2. The Balaban J connectivity index is 1.98. The van der Waals surface area contributed by atoms with Gasteiger partial charge in [0.1, 0.15) is 4.21 Å². The lowest BCUT2D eigenvalue weighted by Gasteiger charge is -2.05. The lowest BCUT2D eigenvalue weighted by atomic mass is 10.4. The fourth-order valence-electron chi connectivity index (χ4n) is 1.39. The van der Waals surface area contributed by atoms with Gasteiger partial charge in [0.2, 0.25) is 10.0 Å². The Bertz CT molecular complexity index is 635. The number of aromatic amines is 1. The third-order valence-corrected chi connectivity index (χ3v) is 5.37. The van der Waals surface area contributed by atoms with E-state index in [1.54, 1.807) is 6.07 Å². The monoisotopic (exact) mass is 316 g/mol. The van der Waals surface area contributed by atoms with E-state index >= 15 is 0 Å². The molecule has 0 saturated carbocycles. The summed E-state index contributed by atoms with van der Waals surface area (Å²) in [6.45, 7) is 4.74. The first-order valence-corrected chi connectivity index (χ1v) is 8.31. The van der Waals surface area contributed by atoms with Crippen molar-refractivity contribution in [2.24, 2.45) is 0 Å². The maximum Gasteiger partial charge on any atom is 0.250 e. The van der Waals surface area contributed by atoms with Crippen molar-refractivity contribution in [1.82, 2.24) is 30.7 Å². The van der Waals surface area contributed by atoms with E-state index in [1.165, 1.54) is 11.3 Å². The van der Waals surface area contributed by atoms with Crippen molar-refractivity contribution >= 4 is 21.4 Å². The predicted octanol–water partition coefficient (Wildman–Crippen LogP) is 0.238. The lowest BCUT2D eigenvalue weighted by Crippen LogP contribution is -2.23. The number of nitrogens with one attached hydrogen (secondary N) is 3. The van der Waals surface area contributed by atoms with Crippen LogP contribution >= 0.6 is 11.3 Å². The summed E-state index contributed by atoms with van der Waals surface area (Å²) in [6, 6.07) is 3.76. The standard InChI is InChI=1S/C10H16N6O2S2/c1-7(2)11-5-8-3-4-10(19-8)20(17,18)12-6-9-13-15-16-14-9/h3-4,7,11-12H,5-6H2,1-2H3,(H,13,14,15,16). The fraction of sp³-hybridized carbons (Fsp3) is 0.500. The average Bonchev–Trinajstić information content (AvgIpc) is 3.05. The van der Waals surface area contributed by atoms with E-state index in [-0.39, 0.29) is 10.8 Å². The molecular formula is C10H16N6O2S2. The molecule has 0 unspecified atom stereocenters. The van der Waals surface area contributed by atoms with Crippen LogP contribution in [0.25, 0.3) is 0 Å². The van der Waals surface area contributed by atoms with E-state index in [4.69, 9.17) is 0 Å². The van der Waals surface area contributed by atoms with Crippen molar-refractivity contribution in [3.8, 4) is 0 Å². The molecule has 2 heterocycles. The molecule has 110 valence electrons. The number of hydrogen-bond donors (Lipinski definition) is 3. The Kier molecular flexibility index (Phi) is 4.81. The first-order valence-electron chi connectivity index (χ1n) is 6.01. The second kappa shape index (κ2) is 6.39. The molecule has 2 aromatic heterocycles. The SMILES string of the molecule is CC(C)NCc1ccc(S(=O)(=O)NCc2nn[nH]n2)s1. The largest absolute Gasteiger partial charge is 0.310 e. The van der Waals surface area contributed by atoms with E-state index in [0.29, 0.717) is 18.4 Å². The van der Waals surface area contributed by atoms with Gasteiger partial charge < -0.3 is 5.32 Å². The average molecular weight is 316 g/mol. The van der Waals surface area contributed by atoms with E-state index in [0.717, 1.165) is 4.88 Å². The molecule has 20 heavy (non-hydrogen) atoms. The molecule has 0 fully saturated rings. The second-order valence-electron chi connectivity index (χ2n) is 4.41. The lowest BCUT2D eigenvalue weighted by molar-refractivity contribution is 0.581. The Morgan fingerprint density at radius 1 is 1.35 bits per heavy atom. The van der Waals surface area contributed by atoms with Crippen molar-refractivity contribution in [3.05, 3.63) is 22.8 Å². The minimum Gasteiger partial charge on any atom is -0.310 e. The summed E-state index contributed by atoms with van der Waals surface area (Å²) in [5.74, 6) is 0.298. The molecule has 0 saturated heterocycles. The summed E-state index contributed by atoms with van der Waals surface area (Å²) in [4.78, 5) is 0.971. The molecule has 0 aliphatic rings. The van der Waals surface area contributed by atoms with Crippen LogP contribution in [0.2, 0.25) is 0 Å². The molecule has 0 aliphatic carbocycles. The van der Waals surface area contributed by atoms with E-state index < -0.39 is 10.0 Å². The highest BCUT2D eigenvalue weighted by molar-refractivity contribution is 7.91. The molecule has 0 aliphatic heterocycles. The van der Waals surface area contributed by atoms with Crippen LogP contribution in [0.15, 0.2) is 16.3 Å². The van der Waals surface area contributed by atoms with Crippen molar-refractivity contribution in [2.45, 2.75) is 37.2 Å². The van der Waals surface area contributed by atoms with Gasteiger partial charge in [-0.25, -0.2) is 13.1 Å². The number of hydrogen-bond acceptors (Lipinski definition) is 7. The van der Waals surface area contributed by atoms with Gasteiger partial charge in [-0.1, -0.05) is 19.1 Å². The Morgan fingerprint density at radius 3 is 2.80 bits per heavy atom. The molecule has 0 amide bonds. The molecule has 8 nitrogen and oxygen atoms in total. The Hall–Kier alpha value is -1.36. The molecule has 2 rings (SSSR count). The van der Waals surface area contributed by atoms with Gasteiger partial charge in [-0.05, 0) is 12.1 Å². The van der Waals surface area contributed by atoms with Crippen LogP contribution in [0.1, 0.15) is 24.5 Å². The summed E-state index contributed by atoms with van der Waals surface area (Å²) in [6.07, 6.45) is 0. The van der Waals surface area contributed by atoms with Gasteiger partial charge in [0, 0.05) is 17.5 Å². The Morgan fingerprint density at radius 2 is 2.15 bits per heavy atom. The van der Waals surface area contributed by atoms with Gasteiger partial charge in [0.25, 0.3) is 0 Å². The quantitative estimate of drug-likeness (QED) is 0.674. The van der Waals surface area contributed by atoms with Crippen molar-refractivity contribution in [3.63, 3.8) is 0 Å². The minimum atomic E-state index is -3.54. The van der Waals surface area contributed by atoms with Crippen LogP contribution in [0, 0.1) is 0 Å². The highest BCUT2D eigenvalue weighted by Gasteiger charge is 2.17. The van der Waals surface area contributed by atoms with Crippen molar-refractivity contribution in [1.29, 1.82) is 0 Å². The molecule has 0 atom stereocenters. The van der Waals surface area contributed by atoms with Gasteiger partial charge in [-0.2, -0.15) is 5.21 Å². The predicted molar refractivity (Wildman–Crippen MR) is 74.5 cm³/mol. The zero-order valence-electron chi connectivity index (χ0n) is 11.1. The van der Waals surface area contributed by atoms with Crippen LogP contribution < -0.4 is 10.0 Å². The normalized spacial score (nSPS) is 12.2. The van der Waals surface area contributed by atoms with Crippen molar-refractivity contribution in [2.75, 3.05) is 0 Å². The van der Waals surface area contributed by atoms with Gasteiger partial charge in [0.15, 0.2) is 5.82 Å². The maximum atomic E-state index is 12.1. The zero-order valence-corrected chi connectivity index (χ0v) is 12.8. The van der Waals surface area contributed by atoms with Gasteiger partial charge in [-0.15, -0.1) is 21.5 Å². The minimum absolute atomic E-state index is 0.0102. The molecule has 0 bridgehead atoms. The molecule has 0 radical (unpaired) electrons. The number of aromatic nitrogens is 4. The number of thiophene rings is 1. The van der Waals surface area contributed by atoms with Crippen molar-refractivity contribution < 1.29 is 8.42 Å². The third kappa shape index (κ3) is 4.07. The number of sulfonamides is 1.